The Bertz CT molecular complexity index is 654. The minimum absolute atomic E-state index is 0.0233. The molecule has 0 amide bonds. The topological polar surface area (TPSA) is 90.0 Å². The lowest BCUT2D eigenvalue weighted by Gasteiger charge is -2.14. The fourth-order valence-electron chi connectivity index (χ4n) is 1.36. The fourth-order valence-corrected chi connectivity index (χ4v) is 2.94. The van der Waals surface area contributed by atoms with E-state index < -0.39 is 30.2 Å². The summed E-state index contributed by atoms with van der Waals surface area (Å²) in [5.41, 5.74) is -0.760. The Kier molecular flexibility index (Phi) is 2.81. The van der Waals surface area contributed by atoms with Gasteiger partial charge in [0.2, 0.25) is 6.79 Å². The molecule has 11 heteroatoms. The average Bonchev–Trinajstić information content (AvgIpc) is 2.59. The van der Waals surface area contributed by atoms with Crippen molar-refractivity contribution in [3.05, 3.63) is 18.2 Å². The second-order valence-electron chi connectivity index (χ2n) is 3.12. The number of benzene rings is 1. The van der Waals surface area contributed by atoms with Crippen LogP contribution in [0.1, 0.15) is 0 Å². The summed E-state index contributed by atoms with van der Waals surface area (Å²) in [6.07, 6.45) is 0. The monoisotopic (exact) mass is 301 g/mol. The van der Waals surface area contributed by atoms with Crippen molar-refractivity contribution in [3.8, 4) is 11.5 Å². The molecule has 0 saturated heterocycles. The maximum atomic E-state index is 12.8. The van der Waals surface area contributed by atoms with E-state index >= 15 is 0 Å². The molecule has 0 aliphatic carbocycles. The molecule has 0 fully saturated rings. The summed E-state index contributed by atoms with van der Waals surface area (Å²) in [4.78, 5) is 0. The van der Waals surface area contributed by atoms with Crippen LogP contribution in [0, 0.1) is 0 Å². The largest absolute Gasteiger partial charge is 0.454 e. The number of rotatable bonds is 3. The first kappa shape index (κ1) is 12.8. The number of fused-ring (bicyclic) bond motifs is 1. The third kappa shape index (κ3) is 2.31. The lowest BCUT2D eigenvalue weighted by molar-refractivity contribution is 0.174. The molecule has 1 heterocycles. The van der Waals surface area contributed by atoms with E-state index in [-0.39, 0.29) is 18.3 Å². The molecule has 1 aliphatic rings. The number of ether oxygens (including phenoxy) is 2. The van der Waals surface area contributed by atoms with E-state index in [2.05, 4.69) is 0 Å². The van der Waals surface area contributed by atoms with Gasteiger partial charge in [-0.25, -0.2) is 0 Å². The first-order chi connectivity index (χ1) is 8.19. The van der Waals surface area contributed by atoms with Gasteiger partial charge in [-0.3, -0.25) is 0 Å². The summed E-state index contributed by atoms with van der Waals surface area (Å²) in [6.45, 7) is -0.163. The molecule has 0 bridgehead atoms. The number of halogens is 2. The summed E-state index contributed by atoms with van der Waals surface area (Å²) < 4.78 is 76.9. The predicted octanol–water partition coefficient (Wildman–Crippen LogP) is 0.650. The van der Waals surface area contributed by atoms with E-state index in [0.717, 1.165) is 18.2 Å². The van der Waals surface area contributed by atoms with Crippen LogP contribution < -0.4 is 13.2 Å². The van der Waals surface area contributed by atoms with Crippen LogP contribution in [0.25, 0.3) is 0 Å². The Morgan fingerprint density at radius 1 is 1.00 bits per heavy atom. The second-order valence-corrected chi connectivity index (χ2v) is 5.73. The van der Waals surface area contributed by atoms with E-state index in [1.807, 2.05) is 0 Å². The highest BCUT2D eigenvalue weighted by Crippen LogP contribution is 2.37. The molecule has 0 radical (unpaired) electrons. The Balaban J connectivity index is 2.58. The highest BCUT2D eigenvalue weighted by Gasteiger charge is 2.35. The molecule has 1 aromatic carbocycles. The van der Waals surface area contributed by atoms with Crippen molar-refractivity contribution >= 4 is 26.5 Å². The highest BCUT2D eigenvalue weighted by atomic mass is 32.3. The SMILES string of the molecule is O=S(=O)(F)N(c1ccc2c(c1)OCO2)S(=O)(=O)F. The van der Waals surface area contributed by atoms with Crippen molar-refractivity contribution in [2.45, 2.75) is 0 Å². The summed E-state index contributed by atoms with van der Waals surface area (Å²) in [5, 5.41) is 0. The van der Waals surface area contributed by atoms with E-state index in [4.69, 9.17) is 9.47 Å². The number of hydrogen-bond donors (Lipinski definition) is 0. The van der Waals surface area contributed by atoms with Crippen molar-refractivity contribution in [1.82, 2.24) is 0 Å². The van der Waals surface area contributed by atoms with Crippen molar-refractivity contribution in [3.63, 3.8) is 0 Å². The maximum Gasteiger partial charge on any atom is 0.414 e. The van der Waals surface area contributed by atoms with E-state index in [0.29, 0.717) is 0 Å². The molecular formula is C7H5F2NO6S2. The van der Waals surface area contributed by atoms with Crippen LogP contribution in [0.2, 0.25) is 0 Å². The van der Waals surface area contributed by atoms with Crippen LogP contribution in [0.5, 0.6) is 11.5 Å². The molecule has 0 N–H and O–H groups in total. The third-order valence-corrected chi connectivity index (χ3v) is 4.25. The predicted molar refractivity (Wildman–Crippen MR) is 55.1 cm³/mol. The van der Waals surface area contributed by atoms with Gasteiger partial charge in [-0.1, -0.05) is 7.77 Å². The van der Waals surface area contributed by atoms with E-state index in [1.165, 1.54) is 0 Å². The zero-order chi connectivity index (χ0) is 13.6. The third-order valence-electron chi connectivity index (χ3n) is 1.96. The maximum absolute atomic E-state index is 12.8. The first-order valence-corrected chi connectivity index (χ1v) is 6.97. The van der Waals surface area contributed by atoms with Gasteiger partial charge in [-0.05, 0) is 12.1 Å². The van der Waals surface area contributed by atoms with Crippen LogP contribution in [-0.2, 0) is 20.8 Å². The minimum atomic E-state index is -5.82. The lowest BCUT2D eigenvalue weighted by Crippen LogP contribution is -2.31. The Labute approximate surface area is 101 Å². The molecule has 0 saturated carbocycles. The van der Waals surface area contributed by atoms with E-state index in [9.17, 15) is 24.6 Å². The van der Waals surface area contributed by atoms with Gasteiger partial charge < -0.3 is 9.47 Å². The summed E-state index contributed by atoms with van der Waals surface area (Å²) >= 11 is 0. The van der Waals surface area contributed by atoms with Gasteiger partial charge in [0.15, 0.2) is 11.5 Å². The molecular weight excluding hydrogens is 296 g/mol. The number of nitrogens with zero attached hydrogens (tertiary/aromatic N) is 1. The minimum Gasteiger partial charge on any atom is -0.454 e. The molecule has 1 aliphatic heterocycles. The van der Waals surface area contributed by atoms with Crippen LogP contribution in [0.3, 0.4) is 0 Å². The smallest absolute Gasteiger partial charge is 0.414 e. The van der Waals surface area contributed by atoms with Gasteiger partial charge in [0, 0.05) is 6.07 Å². The van der Waals surface area contributed by atoms with Crippen LogP contribution in [0.15, 0.2) is 18.2 Å². The molecule has 7 nitrogen and oxygen atoms in total. The zero-order valence-electron chi connectivity index (χ0n) is 8.41. The van der Waals surface area contributed by atoms with Crippen molar-refractivity contribution in [2.75, 3.05) is 10.5 Å². The van der Waals surface area contributed by atoms with Gasteiger partial charge >= 0.3 is 20.8 Å². The molecule has 0 spiro atoms. The number of anilines is 1. The van der Waals surface area contributed by atoms with Gasteiger partial charge in [0.05, 0.1) is 5.69 Å². The molecule has 0 unspecified atom stereocenters. The van der Waals surface area contributed by atoms with Crippen LogP contribution in [0.4, 0.5) is 13.5 Å². The molecule has 18 heavy (non-hydrogen) atoms. The molecule has 0 atom stereocenters. The quantitative estimate of drug-likeness (QED) is 0.761. The lowest BCUT2D eigenvalue weighted by atomic mass is 10.3. The van der Waals surface area contributed by atoms with Crippen LogP contribution >= 0.6 is 0 Å². The molecule has 0 aromatic heterocycles. The Morgan fingerprint density at radius 2 is 1.56 bits per heavy atom. The first-order valence-electron chi connectivity index (χ1n) is 4.29. The summed E-state index contributed by atoms with van der Waals surface area (Å²) in [6, 6.07) is 2.82. The fraction of sp³-hybridized carbons (Fsp3) is 0.143. The Morgan fingerprint density at radius 3 is 2.11 bits per heavy atom. The average molecular weight is 301 g/mol. The molecule has 1 aromatic rings. The molecule has 100 valence electrons. The normalized spacial score (nSPS) is 14.6. The van der Waals surface area contributed by atoms with Gasteiger partial charge in [-0.2, -0.15) is 16.8 Å². The Hall–Kier alpha value is -1.62. The van der Waals surface area contributed by atoms with Gasteiger partial charge in [0.25, 0.3) is 0 Å². The summed E-state index contributed by atoms with van der Waals surface area (Å²) in [7, 11) is -11.6. The van der Waals surface area contributed by atoms with Crippen molar-refractivity contribution < 1.29 is 34.1 Å². The van der Waals surface area contributed by atoms with E-state index in [1.54, 1.807) is 0 Å². The van der Waals surface area contributed by atoms with Crippen LogP contribution in [-0.4, -0.2) is 23.6 Å². The number of hydrogen-bond acceptors (Lipinski definition) is 6. The van der Waals surface area contributed by atoms with Crippen molar-refractivity contribution in [1.29, 1.82) is 0 Å². The van der Waals surface area contributed by atoms with Gasteiger partial charge in [-0.15, -0.1) is 3.71 Å². The zero-order valence-corrected chi connectivity index (χ0v) is 10.0. The highest BCUT2D eigenvalue weighted by molar-refractivity contribution is 8.05. The second kappa shape index (κ2) is 3.95. The standard InChI is InChI=1S/C7H5F2NO6S2/c8-17(11,12)10(18(9,13)14)5-1-2-6-7(3-5)16-4-15-6/h1-3H,4H2. The van der Waals surface area contributed by atoms with Crippen molar-refractivity contribution in [2.24, 2.45) is 0 Å². The molecule has 2 rings (SSSR count). The van der Waals surface area contributed by atoms with Gasteiger partial charge in [0.1, 0.15) is 0 Å². The summed E-state index contributed by atoms with van der Waals surface area (Å²) in [5.74, 6) is 0.177.